The monoisotopic (exact) mass is 480 g/mol. The molecule has 0 spiro atoms. The SMILES string of the molecule is COc1ccc(C(CNC(=O)c2sc3nc4n(c(=O)c3c2C)CCCCC4)N2CCCC2)cc1. The van der Waals surface area contributed by atoms with Crippen LogP contribution in [0, 0.1) is 6.92 Å². The Kier molecular flexibility index (Phi) is 6.70. The molecule has 0 aliphatic carbocycles. The summed E-state index contributed by atoms with van der Waals surface area (Å²) >= 11 is 1.34. The second kappa shape index (κ2) is 9.88. The van der Waals surface area contributed by atoms with E-state index in [0.29, 0.717) is 28.2 Å². The number of likely N-dealkylation sites (tertiary alicyclic amines) is 1. The van der Waals surface area contributed by atoms with Gasteiger partial charge in [0.2, 0.25) is 0 Å². The zero-order chi connectivity index (χ0) is 23.7. The van der Waals surface area contributed by atoms with Crippen LogP contribution in [0.5, 0.6) is 5.75 Å². The van der Waals surface area contributed by atoms with Crippen molar-refractivity contribution in [3.63, 3.8) is 0 Å². The van der Waals surface area contributed by atoms with E-state index >= 15 is 0 Å². The molecule has 0 saturated carbocycles. The van der Waals surface area contributed by atoms with Crippen LogP contribution in [-0.4, -0.2) is 47.1 Å². The first-order valence-electron chi connectivity index (χ1n) is 12.3. The van der Waals surface area contributed by atoms with Gasteiger partial charge in [0.15, 0.2) is 0 Å². The fraction of sp³-hybridized carbons (Fsp3) is 0.500. The first-order valence-corrected chi connectivity index (χ1v) is 13.1. The maximum Gasteiger partial charge on any atom is 0.262 e. The highest BCUT2D eigenvalue weighted by Gasteiger charge is 2.26. The summed E-state index contributed by atoms with van der Waals surface area (Å²) < 4.78 is 7.13. The van der Waals surface area contributed by atoms with E-state index in [0.717, 1.165) is 55.9 Å². The molecule has 0 bridgehead atoms. The lowest BCUT2D eigenvalue weighted by Gasteiger charge is -2.28. The minimum absolute atomic E-state index is 0.00266. The van der Waals surface area contributed by atoms with Crippen LogP contribution in [-0.2, 0) is 13.0 Å². The summed E-state index contributed by atoms with van der Waals surface area (Å²) in [6.07, 6.45) is 6.35. The fourth-order valence-corrected chi connectivity index (χ4v) is 6.34. The number of methoxy groups -OCH3 is 1. The van der Waals surface area contributed by atoms with Gasteiger partial charge in [-0.15, -0.1) is 11.3 Å². The minimum atomic E-state index is -0.127. The number of thiophene rings is 1. The third-order valence-corrected chi connectivity index (χ3v) is 8.34. The molecule has 1 aromatic carbocycles. The van der Waals surface area contributed by atoms with Crippen molar-refractivity contribution in [3.8, 4) is 5.75 Å². The van der Waals surface area contributed by atoms with Crippen molar-refractivity contribution in [2.75, 3.05) is 26.7 Å². The van der Waals surface area contributed by atoms with Crippen molar-refractivity contribution in [3.05, 3.63) is 56.4 Å². The topological polar surface area (TPSA) is 76.5 Å². The lowest BCUT2D eigenvalue weighted by Crippen LogP contribution is -2.36. The molecule has 1 atom stereocenters. The van der Waals surface area contributed by atoms with Crippen LogP contribution in [0.25, 0.3) is 10.2 Å². The first kappa shape index (κ1) is 23.1. The van der Waals surface area contributed by atoms with Gasteiger partial charge in [0.1, 0.15) is 16.4 Å². The van der Waals surface area contributed by atoms with Gasteiger partial charge in [-0.05, 0) is 69.0 Å². The largest absolute Gasteiger partial charge is 0.497 e. The molecule has 5 rings (SSSR count). The average molecular weight is 481 g/mol. The summed E-state index contributed by atoms with van der Waals surface area (Å²) in [6.45, 7) is 5.17. The van der Waals surface area contributed by atoms with Gasteiger partial charge in [-0.3, -0.25) is 19.1 Å². The second-order valence-electron chi connectivity index (χ2n) is 9.27. The van der Waals surface area contributed by atoms with Crippen molar-refractivity contribution >= 4 is 27.5 Å². The fourth-order valence-electron chi connectivity index (χ4n) is 5.23. The minimum Gasteiger partial charge on any atom is -0.497 e. The first-order chi connectivity index (χ1) is 16.6. The zero-order valence-electron chi connectivity index (χ0n) is 19.9. The second-order valence-corrected chi connectivity index (χ2v) is 10.3. The molecule has 3 aromatic rings. The van der Waals surface area contributed by atoms with E-state index in [1.54, 1.807) is 7.11 Å². The molecule has 1 unspecified atom stereocenters. The summed E-state index contributed by atoms with van der Waals surface area (Å²) in [4.78, 5) is 35.1. The van der Waals surface area contributed by atoms with Crippen LogP contribution < -0.4 is 15.6 Å². The van der Waals surface area contributed by atoms with Crippen LogP contribution in [0.1, 0.15) is 64.8 Å². The number of amides is 1. The molecule has 1 saturated heterocycles. The van der Waals surface area contributed by atoms with Crippen LogP contribution in [0.2, 0.25) is 0 Å². The van der Waals surface area contributed by atoms with Gasteiger partial charge in [-0.25, -0.2) is 4.98 Å². The predicted molar refractivity (Wildman–Crippen MR) is 135 cm³/mol. The standard InChI is InChI=1S/C26H32N4O3S/c1-17-22-25(28-21-8-4-3-5-15-30(21)26(22)32)34-23(17)24(31)27-16-20(29-13-6-7-14-29)18-9-11-19(33-2)12-10-18/h9-12,20H,3-8,13-16H2,1-2H3,(H,27,31). The molecule has 1 amide bonds. The number of aromatic nitrogens is 2. The van der Waals surface area contributed by atoms with E-state index in [1.165, 1.54) is 29.7 Å². The maximum absolute atomic E-state index is 13.3. The predicted octanol–water partition coefficient (Wildman–Crippen LogP) is 4.07. The molecule has 0 radical (unpaired) electrons. The average Bonchev–Trinajstić information content (AvgIpc) is 3.42. The Morgan fingerprint density at radius 1 is 1.12 bits per heavy atom. The number of nitrogens with zero attached hydrogens (tertiary/aromatic N) is 3. The van der Waals surface area contributed by atoms with E-state index in [1.807, 2.05) is 23.6 Å². The Hall–Kier alpha value is -2.71. The summed E-state index contributed by atoms with van der Waals surface area (Å²) in [5.41, 5.74) is 1.92. The third-order valence-electron chi connectivity index (χ3n) is 7.16. The molecule has 2 aliphatic heterocycles. The normalized spacial score (nSPS) is 17.4. The van der Waals surface area contributed by atoms with Gasteiger partial charge in [0, 0.05) is 19.5 Å². The Morgan fingerprint density at radius 2 is 1.85 bits per heavy atom. The molecule has 180 valence electrons. The number of rotatable bonds is 6. The molecule has 1 fully saturated rings. The van der Waals surface area contributed by atoms with Gasteiger partial charge >= 0.3 is 0 Å². The van der Waals surface area contributed by atoms with Crippen LogP contribution in [0.15, 0.2) is 29.1 Å². The van der Waals surface area contributed by atoms with Gasteiger partial charge in [-0.2, -0.15) is 0 Å². The summed E-state index contributed by atoms with van der Waals surface area (Å²) in [7, 11) is 1.67. The molecule has 4 heterocycles. The van der Waals surface area contributed by atoms with E-state index in [2.05, 4.69) is 22.3 Å². The number of aryl methyl sites for hydroxylation is 2. The van der Waals surface area contributed by atoms with E-state index < -0.39 is 0 Å². The van der Waals surface area contributed by atoms with Gasteiger partial charge < -0.3 is 10.1 Å². The van der Waals surface area contributed by atoms with Crippen LogP contribution in [0.3, 0.4) is 0 Å². The number of hydrogen-bond acceptors (Lipinski definition) is 6. The quantitative estimate of drug-likeness (QED) is 0.576. The number of nitrogens with one attached hydrogen (secondary N) is 1. The molecule has 2 aliphatic rings. The zero-order valence-corrected chi connectivity index (χ0v) is 20.7. The van der Waals surface area contributed by atoms with E-state index in [9.17, 15) is 9.59 Å². The van der Waals surface area contributed by atoms with E-state index in [4.69, 9.17) is 9.72 Å². The molecule has 2 aromatic heterocycles. The van der Waals surface area contributed by atoms with Crippen molar-refractivity contribution in [1.29, 1.82) is 0 Å². The highest BCUT2D eigenvalue weighted by atomic mass is 32.1. The Morgan fingerprint density at radius 3 is 2.59 bits per heavy atom. The highest BCUT2D eigenvalue weighted by molar-refractivity contribution is 7.20. The van der Waals surface area contributed by atoms with Crippen LogP contribution >= 0.6 is 11.3 Å². The number of carbonyl (C=O) groups is 1. The maximum atomic E-state index is 13.3. The lowest BCUT2D eigenvalue weighted by molar-refractivity contribution is 0.0941. The summed E-state index contributed by atoms with van der Waals surface area (Å²) in [6, 6.07) is 8.21. The van der Waals surface area contributed by atoms with Gasteiger partial charge in [-0.1, -0.05) is 18.6 Å². The summed E-state index contributed by atoms with van der Waals surface area (Å²) in [5, 5.41) is 3.77. The third kappa shape index (κ3) is 4.36. The van der Waals surface area contributed by atoms with Crippen molar-refractivity contribution in [1.82, 2.24) is 19.8 Å². The number of ether oxygens (including phenoxy) is 1. The molecule has 34 heavy (non-hydrogen) atoms. The molecule has 8 heteroatoms. The number of hydrogen-bond donors (Lipinski definition) is 1. The van der Waals surface area contributed by atoms with Gasteiger partial charge in [0.25, 0.3) is 11.5 Å². The number of carbonyl (C=O) groups excluding carboxylic acids is 1. The van der Waals surface area contributed by atoms with Crippen molar-refractivity contribution < 1.29 is 9.53 Å². The molecular weight excluding hydrogens is 448 g/mol. The Balaban J connectivity index is 1.40. The highest BCUT2D eigenvalue weighted by Crippen LogP contribution is 2.30. The lowest BCUT2D eigenvalue weighted by atomic mass is 10.0. The van der Waals surface area contributed by atoms with E-state index in [-0.39, 0.29) is 17.5 Å². The smallest absolute Gasteiger partial charge is 0.262 e. The molecular formula is C26H32N4O3S. The number of fused-ring (bicyclic) bond motifs is 2. The Bertz CT molecular complexity index is 1240. The molecule has 1 N–H and O–H groups in total. The summed E-state index contributed by atoms with van der Waals surface area (Å²) in [5.74, 6) is 1.56. The number of benzene rings is 1. The Labute approximate surface area is 203 Å². The van der Waals surface area contributed by atoms with Crippen molar-refractivity contribution in [2.45, 2.75) is 58.0 Å². The molecule has 7 nitrogen and oxygen atoms in total. The van der Waals surface area contributed by atoms with Crippen LogP contribution in [0.4, 0.5) is 0 Å². The van der Waals surface area contributed by atoms with Gasteiger partial charge in [0.05, 0.1) is 23.4 Å². The van der Waals surface area contributed by atoms with Crippen molar-refractivity contribution in [2.24, 2.45) is 0 Å².